The molecule has 0 radical (unpaired) electrons. The maximum Gasteiger partial charge on any atom is 0.263 e. The molecule has 1 aliphatic heterocycles. The van der Waals surface area contributed by atoms with Gasteiger partial charge in [0.15, 0.2) is 0 Å². The van der Waals surface area contributed by atoms with Crippen molar-refractivity contribution in [1.82, 2.24) is 9.71 Å². The van der Waals surface area contributed by atoms with E-state index >= 15 is 0 Å². The predicted octanol–water partition coefficient (Wildman–Crippen LogP) is 2.18. The summed E-state index contributed by atoms with van der Waals surface area (Å²) in [5, 5.41) is 2.79. The standard InChI is InChI=1S/C19H22N4O4S/c1-4-12(2)17(19(24)21-13-9-10-16(27-3)20-11-13)22-18-14-7-5-6-8-15(14)28(25,26)23-18/h5-12,17H,4H2,1-3H3,(H,21,24)(H,22,23). The number of pyridine rings is 1. The summed E-state index contributed by atoms with van der Waals surface area (Å²) in [7, 11) is -2.15. The second-order valence-electron chi connectivity index (χ2n) is 6.49. The van der Waals surface area contributed by atoms with Crippen LogP contribution < -0.4 is 14.8 Å². The lowest BCUT2D eigenvalue weighted by Crippen LogP contribution is -2.34. The number of amidine groups is 1. The van der Waals surface area contributed by atoms with Crippen molar-refractivity contribution in [2.45, 2.75) is 31.2 Å². The van der Waals surface area contributed by atoms with E-state index in [9.17, 15) is 13.2 Å². The first-order valence-electron chi connectivity index (χ1n) is 8.86. The molecule has 0 saturated heterocycles. The Labute approximate surface area is 164 Å². The Balaban J connectivity index is 1.90. The summed E-state index contributed by atoms with van der Waals surface area (Å²) in [5.41, 5.74) is 0.974. The number of benzene rings is 1. The molecular formula is C19H22N4O4S. The minimum absolute atomic E-state index is 0.101. The van der Waals surface area contributed by atoms with Crippen molar-refractivity contribution >= 4 is 27.5 Å². The lowest BCUT2D eigenvalue weighted by molar-refractivity contribution is -0.118. The second-order valence-corrected chi connectivity index (χ2v) is 8.14. The molecular weight excluding hydrogens is 380 g/mol. The van der Waals surface area contributed by atoms with Crippen LogP contribution in [0.25, 0.3) is 0 Å². The number of carbonyl (C=O) groups excluding carboxylic acids is 1. The molecule has 1 amide bonds. The van der Waals surface area contributed by atoms with Gasteiger partial charge < -0.3 is 10.1 Å². The Hall–Kier alpha value is -2.94. The van der Waals surface area contributed by atoms with E-state index < -0.39 is 16.1 Å². The SMILES string of the molecule is CCC(C)C(N=C1NS(=O)(=O)c2ccccc21)C(=O)Nc1ccc(OC)nc1. The number of carbonyl (C=O) groups is 1. The van der Waals surface area contributed by atoms with Crippen LogP contribution in [0.4, 0.5) is 5.69 Å². The number of anilines is 1. The van der Waals surface area contributed by atoms with Crippen molar-refractivity contribution in [2.24, 2.45) is 10.9 Å². The quantitative estimate of drug-likeness (QED) is 0.770. The number of nitrogens with one attached hydrogen (secondary N) is 2. The van der Waals surface area contributed by atoms with Gasteiger partial charge in [-0.05, 0) is 24.1 Å². The Morgan fingerprint density at radius 3 is 2.68 bits per heavy atom. The summed E-state index contributed by atoms with van der Waals surface area (Å²) < 4.78 is 32.0. The van der Waals surface area contributed by atoms with Gasteiger partial charge in [-0.2, -0.15) is 0 Å². The maximum atomic E-state index is 12.9. The molecule has 2 atom stereocenters. The molecule has 2 aromatic rings. The van der Waals surface area contributed by atoms with Gasteiger partial charge in [-0.1, -0.05) is 32.4 Å². The van der Waals surface area contributed by atoms with E-state index in [0.29, 0.717) is 23.6 Å². The highest BCUT2D eigenvalue weighted by atomic mass is 32.2. The molecule has 9 heteroatoms. The minimum atomic E-state index is -3.66. The Bertz CT molecular complexity index is 1000. The van der Waals surface area contributed by atoms with Gasteiger partial charge in [0.05, 0.1) is 23.9 Å². The summed E-state index contributed by atoms with van der Waals surface area (Å²) in [6.45, 7) is 3.85. The van der Waals surface area contributed by atoms with Crippen LogP contribution in [-0.2, 0) is 14.8 Å². The summed E-state index contributed by atoms with van der Waals surface area (Å²) in [5.74, 6) is 0.186. The summed E-state index contributed by atoms with van der Waals surface area (Å²) in [6.07, 6.45) is 2.19. The van der Waals surface area contributed by atoms with Crippen molar-refractivity contribution in [2.75, 3.05) is 12.4 Å². The molecule has 0 bridgehead atoms. The summed E-state index contributed by atoms with van der Waals surface area (Å²) in [6, 6.07) is 9.12. The van der Waals surface area contributed by atoms with Gasteiger partial charge in [0.25, 0.3) is 10.0 Å². The molecule has 2 heterocycles. The number of sulfonamides is 1. The largest absolute Gasteiger partial charge is 0.481 e. The molecule has 3 rings (SSSR count). The fourth-order valence-corrected chi connectivity index (χ4v) is 4.07. The zero-order valence-electron chi connectivity index (χ0n) is 15.8. The fraction of sp³-hybridized carbons (Fsp3) is 0.316. The van der Waals surface area contributed by atoms with Crippen LogP contribution in [0.3, 0.4) is 0 Å². The molecule has 1 aromatic carbocycles. The highest BCUT2D eigenvalue weighted by molar-refractivity contribution is 7.90. The first-order chi connectivity index (χ1) is 13.4. The maximum absolute atomic E-state index is 12.9. The first kappa shape index (κ1) is 19.8. The number of amides is 1. The molecule has 1 aliphatic rings. The molecule has 0 spiro atoms. The monoisotopic (exact) mass is 402 g/mol. The molecule has 8 nitrogen and oxygen atoms in total. The normalized spacial score (nSPS) is 18.0. The van der Waals surface area contributed by atoms with Crippen LogP contribution in [0.5, 0.6) is 5.88 Å². The number of ether oxygens (including phenoxy) is 1. The van der Waals surface area contributed by atoms with E-state index in [-0.39, 0.29) is 22.6 Å². The van der Waals surface area contributed by atoms with Crippen molar-refractivity contribution in [3.63, 3.8) is 0 Å². The third kappa shape index (κ3) is 3.99. The van der Waals surface area contributed by atoms with Gasteiger partial charge in [-0.3, -0.25) is 14.5 Å². The van der Waals surface area contributed by atoms with Crippen LogP contribution in [0.1, 0.15) is 25.8 Å². The smallest absolute Gasteiger partial charge is 0.263 e. The van der Waals surface area contributed by atoms with Gasteiger partial charge in [0.1, 0.15) is 11.9 Å². The zero-order chi connectivity index (χ0) is 20.3. The highest BCUT2D eigenvalue weighted by Crippen LogP contribution is 2.24. The number of methoxy groups -OCH3 is 1. The third-order valence-electron chi connectivity index (χ3n) is 4.60. The second kappa shape index (κ2) is 7.97. The van der Waals surface area contributed by atoms with Gasteiger partial charge in [-0.15, -0.1) is 0 Å². The number of aliphatic imine (C=N–C) groups is 1. The van der Waals surface area contributed by atoms with Crippen molar-refractivity contribution < 1.29 is 17.9 Å². The Kier molecular flexibility index (Phi) is 5.64. The number of hydrogen-bond donors (Lipinski definition) is 2. The number of rotatable bonds is 6. The fourth-order valence-electron chi connectivity index (χ4n) is 2.83. The molecule has 2 N–H and O–H groups in total. The van der Waals surface area contributed by atoms with Crippen LogP contribution in [0, 0.1) is 5.92 Å². The molecule has 2 unspecified atom stereocenters. The lowest BCUT2D eigenvalue weighted by Gasteiger charge is -2.19. The minimum Gasteiger partial charge on any atom is -0.481 e. The van der Waals surface area contributed by atoms with Crippen LogP contribution in [0.2, 0.25) is 0 Å². The number of fused-ring (bicyclic) bond motifs is 1. The zero-order valence-corrected chi connectivity index (χ0v) is 16.7. The number of hydrogen-bond acceptors (Lipinski definition) is 6. The van der Waals surface area contributed by atoms with E-state index in [1.165, 1.54) is 19.4 Å². The number of aromatic nitrogens is 1. The molecule has 0 saturated carbocycles. The molecule has 148 valence electrons. The average Bonchev–Trinajstić information content (AvgIpc) is 2.96. The van der Waals surface area contributed by atoms with Gasteiger partial charge in [-0.25, -0.2) is 13.4 Å². The topological polar surface area (TPSA) is 110 Å². The Morgan fingerprint density at radius 2 is 2.04 bits per heavy atom. The van der Waals surface area contributed by atoms with E-state index in [4.69, 9.17) is 4.74 Å². The third-order valence-corrected chi connectivity index (χ3v) is 5.99. The van der Waals surface area contributed by atoms with Crippen molar-refractivity contribution in [3.05, 3.63) is 48.2 Å². The molecule has 0 aliphatic carbocycles. The van der Waals surface area contributed by atoms with E-state index in [1.807, 2.05) is 13.8 Å². The van der Waals surface area contributed by atoms with Gasteiger partial charge in [0.2, 0.25) is 11.8 Å². The van der Waals surface area contributed by atoms with E-state index in [1.54, 1.807) is 30.3 Å². The molecule has 0 fully saturated rings. The van der Waals surface area contributed by atoms with Gasteiger partial charge >= 0.3 is 0 Å². The van der Waals surface area contributed by atoms with Crippen molar-refractivity contribution in [1.29, 1.82) is 0 Å². The van der Waals surface area contributed by atoms with Crippen LogP contribution >= 0.6 is 0 Å². The van der Waals surface area contributed by atoms with E-state index in [2.05, 4.69) is 20.0 Å². The average molecular weight is 402 g/mol. The predicted molar refractivity (Wildman–Crippen MR) is 106 cm³/mol. The molecule has 28 heavy (non-hydrogen) atoms. The van der Waals surface area contributed by atoms with Gasteiger partial charge in [0, 0.05) is 11.6 Å². The lowest BCUT2D eigenvalue weighted by atomic mass is 9.98. The van der Waals surface area contributed by atoms with Crippen LogP contribution in [-0.4, -0.2) is 38.3 Å². The first-order valence-corrected chi connectivity index (χ1v) is 10.3. The number of nitrogens with zero attached hydrogens (tertiary/aromatic N) is 2. The van der Waals surface area contributed by atoms with Crippen LogP contribution in [0.15, 0.2) is 52.5 Å². The van der Waals surface area contributed by atoms with E-state index in [0.717, 1.165) is 0 Å². The summed E-state index contributed by atoms with van der Waals surface area (Å²) >= 11 is 0. The summed E-state index contributed by atoms with van der Waals surface area (Å²) in [4.78, 5) is 21.6. The Morgan fingerprint density at radius 1 is 1.29 bits per heavy atom. The van der Waals surface area contributed by atoms with Crippen molar-refractivity contribution in [3.8, 4) is 5.88 Å². The highest BCUT2D eigenvalue weighted by Gasteiger charge is 2.33. The molecule has 1 aromatic heterocycles.